The molecule has 7 heteroatoms. The number of carboxylic acid groups (broad SMARTS) is 1. The highest BCUT2D eigenvalue weighted by Gasteiger charge is 2.36. The van der Waals surface area contributed by atoms with Gasteiger partial charge < -0.3 is 15.7 Å². The maximum atomic E-state index is 12.3. The molecule has 1 aromatic carbocycles. The summed E-state index contributed by atoms with van der Waals surface area (Å²) in [5.74, 6) is -2.23. The van der Waals surface area contributed by atoms with Gasteiger partial charge in [0.2, 0.25) is 0 Å². The third kappa shape index (κ3) is 5.26. The van der Waals surface area contributed by atoms with Crippen LogP contribution in [0.3, 0.4) is 0 Å². The number of carboxylic acids is 1. The van der Waals surface area contributed by atoms with E-state index in [1.54, 1.807) is 37.3 Å². The molecule has 3 N–H and O–H groups in total. The number of carbonyl (C=O) groups excluding carboxylic acids is 3. The van der Waals surface area contributed by atoms with Crippen LogP contribution >= 0.6 is 0 Å². The number of allylic oxidation sites excluding steroid dienone is 2. The lowest BCUT2D eigenvalue weighted by molar-refractivity contribution is -0.139. The molecule has 0 aliphatic heterocycles. The van der Waals surface area contributed by atoms with Crippen LogP contribution in [0, 0.1) is 5.41 Å². The van der Waals surface area contributed by atoms with Crippen molar-refractivity contribution in [3.8, 4) is 0 Å². The maximum Gasteiger partial charge on any atom is 0.328 e. The minimum absolute atomic E-state index is 0.0906. The molecular weight excluding hydrogens is 348 g/mol. The summed E-state index contributed by atoms with van der Waals surface area (Å²) in [7, 11) is 0. The molecule has 144 valence electrons. The largest absolute Gasteiger partial charge is 0.480 e. The van der Waals surface area contributed by atoms with Crippen LogP contribution in [0.5, 0.6) is 0 Å². The van der Waals surface area contributed by atoms with E-state index in [-0.39, 0.29) is 41.9 Å². The van der Waals surface area contributed by atoms with Gasteiger partial charge in [0.1, 0.15) is 6.04 Å². The molecule has 0 aromatic heterocycles. The number of ketones is 2. The Morgan fingerprint density at radius 3 is 2.19 bits per heavy atom. The number of hydrogen-bond donors (Lipinski definition) is 3. The van der Waals surface area contributed by atoms with Gasteiger partial charge in [-0.05, 0) is 24.5 Å². The average molecular weight is 372 g/mol. The van der Waals surface area contributed by atoms with Crippen LogP contribution in [0.25, 0.3) is 0 Å². The minimum Gasteiger partial charge on any atom is -0.480 e. The van der Waals surface area contributed by atoms with Gasteiger partial charge in [-0.2, -0.15) is 0 Å². The molecule has 1 saturated carbocycles. The van der Waals surface area contributed by atoms with E-state index in [1.807, 2.05) is 13.8 Å². The monoisotopic (exact) mass is 372 g/mol. The number of benzene rings is 1. The van der Waals surface area contributed by atoms with Crippen LogP contribution in [0.15, 0.2) is 41.6 Å². The zero-order valence-corrected chi connectivity index (χ0v) is 15.7. The van der Waals surface area contributed by atoms with Crippen LogP contribution < -0.4 is 10.6 Å². The van der Waals surface area contributed by atoms with Crippen molar-refractivity contribution in [1.29, 1.82) is 0 Å². The number of nitrogens with one attached hydrogen (secondary N) is 2. The van der Waals surface area contributed by atoms with Crippen molar-refractivity contribution in [1.82, 2.24) is 10.6 Å². The summed E-state index contributed by atoms with van der Waals surface area (Å²) < 4.78 is 0. The third-order valence-electron chi connectivity index (χ3n) is 4.42. The third-order valence-corrected chi connectivity index (χ3v) is 4.42. The molecular formula is C20H24N2O5. The topological polar surface area (TPSA) is 113 Å². The highest BCUT2D eigenvalue weighted by molar-refractivity contribution is 6.22. The Hall–Kier alpha value is -2.96. The zero-order valence-electron chi connectivity index (χ0n) is 15.7. The standard InChI is InChI=1S/C20H24N2O5/c1-12(17-15(23)9-20(2,3)10-16(17)24)21-11-14(19(26)27)22-18(25)13-7-5-4-6-8-13/h4-8,14,21H,9-11H2,1-3H3,(H,22,25)(H,26,27). The van der Waals surface area contributed by atoms with Crippen molar-refractivity contribution >= 4 is 23.4 Å². The van der Waals surface area contributed by atoms with Gasteiger partial charge >= 0.3 is 5.97 Å². The van der Waals surface area contributed by atoms with E-state index >= 15 is 0 Å². The molecule has 1 aromatic rings. The Kier molecular flexibility index (Phi) is 6.15. The van der Waals surface area contributed by atoms with Gasteiger partial charge in [-0.25, -0.2) is 4.79 Å². The number of carbonyl (C=O) groups is 4. The fourth-order valence-electron chi connectivity index (χ4n) is 3.06. The molecule has 0 saturated heterocycles. The predicted octanol–water partition coefficient (Wildman–Crippen LogP) is 1.69. The second-order valence-electron chi connectivity index (χ2n) is 7.48. The Morgan fingerprint density at radius 1 is 1.11 bits per heavy atom. The van der Waals surface area contributed by atoms with Crippen molar-refractivity contribution in [3.05, 3.63) is 47.2 Å². The van der Waals surface area contributed by atoms with Crippen molar-refractivity contribution < 1.29 is 24.3 Å². The zero-order chi connectivity index (χ0) is 20.2. The molecule has 0 bridgehead atoms. The maximum absolute atomic E-state index is 12.3. The lowest BCUT2D eigenvalue weighted by Gasteiger charge is -2.29. The average Bonchev–Trinajstić information content (AvgIpc) is 2.57. The SMILES string of the molecule is CC(NCC(NC(=O)c1ccccc1)C(=O)O)=C1C(=O)CC(C)(C)CC1=O. The highest BCUT2D eigenvalue weighted by atomic mass is 16.4. The van der Waals surface area contributed by atoms with E-state index in [2.05, 4.69) is 10.6 Å². The quantitative estimate of drug-likeness (QED) is 0.517. The van der Waals surface area contributed by atoms with Gasteiger partial charge in [-0.3, -0.25) is 14.4 Å². The Balaban J connectivity index is 2.07. The molecule has 1 unspecified atom stereocenters. The molecule has 1 fully saturated rings. The van der Waals surface area contributed by atoms with Crippen molar-refractivity contribution in [2.24, 2.45) is 5.41 Å². The lowest BCUT2D eigenvalue weighted by atomic mass is 9.73. The van der Waals surface area contributed by atoms with Crippen LogP contribution in [0.1, 0.15) is 44.0 Å². The number of rotatable bonds is 6. The summed E-state index contributed by atoms with van der Waals surface area (Å²) in [6.07, 6.45) is 0.528. The normalized spacial score (nSPS) is 17.2. The molecule has 0 spiro atoms. The fraction of sp³-hybridized carbons (Fsp3) is 0.400. The summed E-state index contributed by atoms with van der Waals surface area (Å²) in [6.45, 7) is 5.15. The van der Waals surface area contributed by atoms with Gasteiger partial charge in [0.05, 0.1) is 5.57 Å². The first-order valence-electron chi connectivity index (χ1n) is 8.70. The predicted molar refractivity (Wildman–Crippen MR) is 99.1 cm³/mol. The van der Waals surface area contributed by atoms with E-state index < -0.39 is 17.9 Å². The van der Waals surface area contributed by atoms with Gasteiger partial charge in [0, 0.05) is 30.6 Å². The second-order valence-corrected chi connectivity index (χ2v) is 7.48. The van der Waals surface area contributed by atoms with E-state index in [0.29, 0.717) is 11.3 Å². The smallest absolute Gasteiger partial charge is 0.328 e. The van der Waals surface area contributed by atoms with Crippen molar-refractivity contribution in [3.63, 3.8) is 0 Å². The second kappa shape index (κ2) is 8.16. The van der Waals surface area contributed by atoms with Crippen LogP contribution in [-0.2, 0) is 14.4 Å². The lowest BCUT2D eigenvalue weighted by Crippen LogP contribution is -2.47. The highest BCUT2D eigenvalue weighted by Crippen LogP contribution is 2.34. The van der Waals surface area contributed by atoms with E-state index in [9.17, 15) is 24.3 Å². The summed E-state index contributed by atoms with van der Waals surface area (Å²) in [6, 6.07) is 7.06. The summed E-state index contributed by atoms with van der Waals surface area (Å²) in [5.41, 5.74) is 0.401. The fourth-order valence-corrected chi connectivity index (χ4v) is 3.06. The first kappa shape index (κ1) is 20.4. The number of aliphatic carboxylic acids is 1. The molecule has 2 rings (SSSR count). The molecule has 1 atom stereocenters. The molecule has 7 nitrogen and oxygen atoms in total. The Morgan fingerprint density at radius 2 is 1.67 bits per heavy atom. The van der Waals surface area contributed by atoms with Crippen molar-refractivity contribution in [2.75, 3.05) is 6.54 Å². The minimum atomic E-state index is -1.22. The van der Waals surface area contributed by atoms with Crippen LogP contribution in [0.2, 0.25) is 0 Å². The van der Waals surface area contributed by atoms with Gasteiger partial charge in [-0.1, -0.05) is 32.0 Å². The number of amides is 1. The van der Waals surface area contributed by atoms with E-state index in [4.69, 9.17) is 0 Å². The van der Waals surface area contributed by atoms with E-state index in [1.165, 1.54) is 0 Å². The molecule has 27 heavy (non-hydrogen) atoms. The molecule has 1 amide bonds. The van der Waals surface area contributed by atoms with Crippen LogP contribution in [-0.4, -0.2) is 41.1 Å². The molecule has 1 aliphatic carbocycles. The first-order chi connectivity index (χ1) is 12.6. The summed E-state index contributed by atoms with van der Waals surface area (Å²) >= 11 is 0. The van der Waals surface area contributed by atoms with Crippen molar-refractivity contribution in [2.45, 2.75) is 39.7 Å². The number of Topliss-reactive ketones (excluding diaryl/α,β-unsaturated/α-hetero) is 2. The Bertz CT molecular complexity index is 774. The van der Waals surface area contributed by atoms with E-state index in [0.717, 1.165) is 0 Å². The summed E-state index contributed by atoms with van der Waals surface area (Å²) in [5, 5.41) is 14.6. The van der Waals surface area contributed by atoms with Crippen LogP contribution in [0.4, 0.5) is 0 Å². The molecule has 0 radical (unpaired) electrons. The van der Waals surface area contributed by atoms with Gasteiger partial charge in [0.25, 0.3) is 5.91 Å². The molecule has 0 heterocycles. The summed E-state index contributed by atoms with van der Waals surface area (Å²) in [4.78, 5) is 48.2. The molecule has 1 aliphatic rings. The van der Waals surface area contributed by atoms with Gasteiger partial charge in [0.15, 0.2) is 11.6 Å². The Labute approximate surface area is 157 Å². The first-order valence-corrected chi connectivity index (χ1v) is 8.70. The number of hydrogen-bond acceptors (Lipinski definition) is 5. The van der Waals surface area contributed by atoms with Gasteiger partial charge in [-0.15, -0.1) is 0 Å².